The fourth-order valence-electron chi connectivity index (χ4n) is 3.62. The van der Waals surface area contributed by atoms with E-state index in [4.69, 9.17) is 4.74 Å². The van der Waals surface area contributed by atoms with Gasteiger partial charge in [0.05, 0.1) is 16.6 Å². The topological polar surface area (TPSA) is 62.1 Å². The van der Waals surface area contributed by atoms with Gasteiger partial charge in [0.15, 0.2) is 0 Å². The molecule has 3 rings (SSSR count). The van der Waals surface area contributed by atoms with Crippen molar-refractivity contribution in [3.8, 4) is 11.8 Å². The molecule has 6 heteroatoms. The second kappa shape index (κ2) is 8.26. The molecule has 148 valence electrons. The fraction of sp³-hybridized carbons (Fsp3) is 0.455. The lowest BCUT2D eigenvalue weighted by Crippen LogP contribution is -2.26. The molecule has 0 saturated heterocycles. The van der Waals surface area contributed by atoms with Gasteiger partial charge in [0.25, 0.3) is 5.91 Å². The zero-order valence-electron chi connectivity index (χ0n) is 16.7. The van der Waals surface area contributed by atoms with Crippen LogP contribution >= 0.6 is 27.3 Å². The smallest absolute Gasteiger partial charge is 0.256 e. The van der Waals surface area contributed by atoms with Crippen LogP contribution in [0.2, 0.25) is 0 Å². The van der Waals surface area contributed by atoms with E-state index in [-0.39, 0.29) is 11.3 Å². The van der Waals surface area contributed by atoms with Gasteiger partial charge in [0.1, 0.15) is 16.8 Å². The lowest BCUT2D eigenvalue weighted by atomic mass is 9.72. The minimum absolute atomic E-state index is 0.216. The summed E-state index contributed by atoms with van der Waals surface area (Å²) in [4.78, 5) is 14.0. The number of halogens is 1. The van der Waals surface area contributed by atoms with E-state index in [1.165, 1.54) is 4.88 Å². The molecule has 1 N–H and O–H groups in total. The first kappa shape index (κ1) is 20.9. The van der Waals surface area contributed by atoms with Crippen LogP contribution in [-0.4, -0.2) is 12.5 Å². The average molecular weight is 461 g/mol. The van der Waals surface area contributed by atoms with E-state index in [2.05, 4.69) is 48.1 Å². The van der Waals surface area contributed by atoms with Crippen LogP contribution in [-0.2, 0) is 12.8 Å². The number of hydrogen-bond acceptors (Lipinski definition) is 4. The van der Waals surface area contributed by atoms with Crippen LogP contribution in [0.5, 0.6) is 5.75 Å². The summed E-state index contributed by atoms with van der Waals surface area (Å²) in [5.41, 5.74) is 2.52. The van der Waals surface area contributed by atoms with Crippen molar-refractivity contribution >= 4 is 38.2 Å². The molecule has 1 aliphatic rings. The quantitative estimate of drug-likeness (QED) is 0.591. The van der Waals surface area contributed by atoms with Crippen molar-refractivity contribution in [2.75, 3.05) is 11.9 Å². The predicted octanol–water partition coefficient (Wildman–Crippen LogP) is 6.18. The number of nitrogens with zero attached hydrogens (tertiary/aromatic N) is 1. The summed E-state index contributed by atoms with van der Waals surface area (Å²) in [6.07, 6.45) is 2.96. The normalized spacial score (nSPS) is 16.2. The lowest BCUT2D eigenvalue weighted by Gasteiger charge is -2.33. The second-order valence-electron chi connectivity index (χ2n) is 8.16. The van der Waals surface area contributed by atoms with Gasteiger partial charge in [-0.05, 0) is 77.2 Å². The van der Waals surface area contributed by atoms with Crippen molar-refractivity contribution in [3.63, 3.8) is 0 Å². The van der Waals surface area contributed by atoms with E-state index < -0.39 is 0 Å². The molecule has 1 atom stereocenters. The van der Waals surface area contributed by atoms with Crippen LogP contribution in [0.25, 0.3) is 0 Å². The van der Waals surface area contributed by atoms with Gasteiger partial charge < -0.3 is 10.1 Å². The largest absolute Gasteiger partial charge is 0.493 e. The Morgan fingerprint density at radius 1 is 1.43 bits per heavy atom. The van der Waals surface area contributed by atoms with Gasteiger partial charge >= 0.3 is 0 Å². The van der Waals surface area contributed by atoms with Crippen LogP contribution < -0.4 is 10.1 Å². The first-order chi connectivity index (χ1) is 13.2. The molecule has 4 nitrogen and oxygen atoms in total. The number of nitriles is 1. The Kier molecular flexibility index (Phi) is 6.16. The third kappa shape index (κ3) is 4.26. The number of nitrogens with one attached hydrogen (secondary N) is 1. The molecule has 0 bridgehead atoms. The standard InChI is InChI=1S/C22H25BrN2O2S/c1-5-27-18-9-6-13(10-17(18)23)20(26)25-21-16(12-24)15-8-7-14(22(2,3)4)11-19(15)28-21/h6,9-10,14H,5,7-8,11H2,1-4H3,(H,25,26). The van der Waals surface area contributed by atoms with Crippen molar-refractivity contribution in [2.24, 2.45) is 11.3 Å². The molecule has 1 aliphatic carbocycles. The molecule has 2 aromatic rings. The monoisotopic (exact) mass is 460 g/mol. The number of hydrogen-bond donors (Lipinski definition) is 1. The van der Waals surface area contributed by atoms with Crippen molar-refractivity contribution in [2.45, 2.75) is 47.0 Å². The van der Waals surface area contributed by atoms with Gasteiger partial charge in [-0.25, -0.2) is 0 Å². The highest BCUT2D eigenvalue weighted by molar-refractivity contribution is 9.10. The molecule has 1 amide bonds. The van der Waals surface area contributed by atoms with Crippen molar-refractivity contribution in [1.82, 2.24) is 0 Å². The Morgan fingerprint density at radius 3 is 2.79 bits per heavy atom. The number of thiophene rings is 1. The van der Waals surface area contributed by atoms with Gasteiger partial charge in [-0.3, -0.25) is 4.79 Å². The summed E-state index contributed by atoms with van der Waals surface area (Å²) in [6, 6.07) is 7.58. The Balaban J connectivity index is 1.84. The Hall–Kier alpha value is -1.84. The molecule has 1 aromatic carbocycles. The van der Waals surface area contributed by atoms with Gasteiger partial charge in [0.2, 0.25) is 0 Å². The third-order valence-corrected chi connectivity index (χ3v) is 7.11. The van der Waals surface area contributed by atoms with E-state index in [9.17, 15) is 10.1 Å². The maximum atomic E-state index is 12.8. The molecule has 1 aromatic heterocycles. The van der Waals surface area contributed by atoms with Gasteiger partial charge in [-0.15, -0.1) is 11.3 Å². The van der Waals surface area contributed by atoms with Crippen molar-refractivity contribution < 1.29 is 9.53 Å². The molecule has 1 heterocycles. The van der Waals surface area contributed by atoms with Crippen molar-refractivity contribution in [1.29, 1.82) is 5.26 Å². The van der Waals surface area contributed by atoms with E-state index in [1.807, 2.05) is 6.92 Å². The second-order valence-corrected chi connectivity index (χ2v) is 10.1. The zero-order chi connectivity index (χ0) is 20.5. The number of fused-ring (bicyclic) bond motifs is 1. The highest BCUT2D eigenvalue weighted by atomic mass is 79.9. The zero-order valence-corrected chi connectivity index (χ0v) is 19.1. The molecule has 0 spiro atoms. The van der Waals surface area contributed by atoms with Crippen LogP contribution in [0, 0.1) is 22.7 Å². The molecule has 1 unspecified atom stereocenters. The molecular weight excluding hydrogens is 436 g/mol. The summed E-state index contributed by atoms with van der Waals surface area (Å²) in [5, 5.41) is 13.3. The van der Waals surface area contributed by atoms with E-state index in [0.717, 1.165) is 29.3 Å². The lowest BCUT2D eigenvalue weighted by molar-refractivity contribution is 0.102. The molecule has 0 aliphatic heterocycles. The summed E-state index contributed by atoms with van der Waals surface area (Å²) in [5.74, 6) is 1.08. The van der Waals surface area contributed by atoms with Crippen LogP contribution in [0.3, 0.4) is 0 Å². The van der Waals surface area contributed by atoms with Gasteiger partial charge in [-0.2, -0.15) is 5.26 Å². The van der Waals surface area contributed by atoms with Gasteiger partial charge in [-0.1, -0.05) is 20.8 Å². The minimum atomic E-state index is -0.216. The number of amides is 1. The molecule has 28 heavy (non-hydrogen) atoms. The van der Waals surface area contributed by atoms with Crippen LogP contribution in [0.1, 0.15) is 60.5 Å². The summed E-state index contributed by atoms with van der Waals surface area (Å²) in [7, 11) is 0. The molecule has 0 fully saturated rings. The number of benzene rings is 1. The maximum absolute atomic E-state index is 12.8. The van der Waals surface area contributed by atoms with Gasteiger partial charge in [0, 0.05) is 10.4 Å². The van der Waals surface area contributed by atoms with E-state index in [1.54, 1.807) is 29.5 Å². The van der Waals surface area contributed by atoms with Crippen molar-refractivity contribution in [3.05, 3.63) is 44.2 Å². The SMILES string of the molecule is CCOc1ccc(C(=O)Nc2sc3c(c2C#N)CCC(C(C)(C)C)C3)cc1Br. The third-order valence-electron chi connectivity index (χ3n) is 5.32. The Bertz CT molecular complexity index is 937. The highest BCUT2D eigenvalue weighted by Gasteiger charge is 2.32. The number of carbonyl (C=O) groups is 1. The Labute approximate surface area is 179 Å². The number of ether oxygens (including phenoxy) is 1. The van der Waals surface area contributed by atoms with E-state index >= 15 is 0 Å². The molecule has 0 radical (unpaired) electrons. The summed E-state index contributed by atoms with van der Waals surface area (Å²) in [6.45, 7) is 9.29. The Morgan fingerprint density at radius 2 is 2.18 bits per heavy atom. The number of carbonyl (C=O) groups excluding carboxylic acids is 1. The number of rotatable bonds is 4. The predicted molar refractivity (Wildman–Crippen MR) is 117 cm³/mol. The average Bonchev–Trinajstić information content (AvgIpc) is 2.98. The molecular formula is C22H25BrN2O2S. The maximum Gasteiger partial charge on any atom is 0.256 e. The first-order valence-corrected chi connectivity index (χ1v) is 11.1. The molecule has 0 saturated carbocycles. The minimum Gasteiger partial charge on any atom is -0.493 e. The van der Waals surface area contributed by atoms with Crippen LogP contribution in [0.15, 0.2) is 22.7 Å². The van der Waals surface area contributed by atoms with E-state index in [0.29, 0.717) is 34.4 Å². The first-order valence-electron chi connectivity index (χ1n) is 9.53. The number of anilines is 1. The van der Waals surface area contributed by atoms with Crippen LogP contribution in [0.4, 0.5) is 5.00 Å². The summed E-state index contributed by atoms with van der Waals surface area (Å²) >= 11 is 5.00. The fourth-order valence-corrected chi connectivity index (χ4v) is 5.39. The highest BCUT2D eigenvalue weighted by Crippen LogP contribution is 2.44. The summed E-state index contributed by atoms with van der Waals surface area (Å²) < 4.78 is 6.24.